The molecule has 3 aromatic rings. The Labute approximate surface area is 153 Å². The number of rotatable bonds is 4. The molecule has 3 aromatic carbocycles. The van der Waals surface area contributed by atoms with Crippen LogP contribution in [0.15, 0.2) is 90.8 Å². The van der Waals surface area contributed by atoms with Gasteiger partial charge in [0, 0.05) is 12.6 Å². The summed E-state index contributed by atoms with van der Waals surface area (Å²) in [6, 6.07) is 26.3. The van der Waals surface area contributed by atoms with Gasteiger partial charge >= 0.3 is 0 Å². The van der Waals surface area contributed by atoms with Gasteiger partial charge in [-0.1, -0.05) is 66.7 Å². The van der Waals surface area contributed by atoms with Crippen LogP contribution < -0.4 is 9.64 Å². The van der Waals surface area contributed by atoms with E-state index >= 15 is 0 Å². The van der Waals surface area contributed by atoms with Crippen LogP contribution >= 0.6 is 0 Å². The van der Waals surface area contributed by atoms with E-state index in [1.807, 2.05) is 54.6 Å². The molecule has 0 bridgehead atoms. The molecule has 3 nitrogen and oxygen atoms in total. The van der Waals surface area contributed by atoms with Crippen molar-refractivity contribution in [1.82, 2.24) is 0 Å². The molecule has 4 rings (SSSR count). The smallest absolute Gasteiger partial charge is 0.202 e. The number of nitrogens with zero attached hydrogens (tertiary/aromatic N) is 1. The standard InChI is InChI=1S/C23H20N2O/c1-2-25-21-15-19(17-9-5-3-6-10-17)13-14-22(21)26-23(25)16-20(24)18-11-7-4-8-12-18/h3-16,24H,2H2,1H3. The molecule has 3 heteroatoms. The monoisotopic (exact) mass is 340 g/mol. The maximum atomic E-state index is 8.36. The van der Waals surface area contributed by atoms with Crippen LogP contribution in [0.4, 0.5) is 5.69 Å². The Morgan fingerprint density at radius 1 is 0.923 bits per heavy atom. The Morgan fingerprint density at radius 3 is 2.31 bits per heavy atom. The fraction of sp³-hybridized carbons (Fsp3) is 0.0870. The zero-order valence-corrected chi connectivity index (χ0v) is 14.6. The predicted molar refractivity (Wildman–Crippen MR) is 107 cm³/mol. The molecule has 0 saturated carbocycles. The first-order chi connectivity index (χ1) is 12.8. The number of ether oxygens (including phenoxy) is 1. The lowest BCUT2D eigenvalue weighted by atomic mass is 10.0. The summed E-state index contributed by atoms with van der Waals surface area (Å²) in [4.78, 5) is 2.11. The highest BCUT2D eigenvalue weighted by Gasteiger charge is 2.26. The lowest BCUT2D eigenvalue weighted by Gasteiger charge is -2.16. The van der Waals surface area contributed by atoms with E-state index in [0.29, 0.717) is 11.6 Å². The van der Waals surface area contributed by atoms with Crippen LogP contribution in [0, 0.1) is 5.41 Å². The van der Waals surface area contributed by atoms with Gasteiger partial charge in [-0.2, -0.15) is 0 Å². The number of nitrogens with one attached hydrogen (secondary N) is 1. The predicted octanol–water partition coefficient (Wildman–Crippen LogP) is 5.48. The highest BCUT2D eigenvalue weighted by molar-refractivity contribution is 6.07. The molecule has 0 spiro atoms. The van der Waals surface area contributed by atoms with E-state index < -0.39 is 0 Å². The minimum absolute atomic E-state index is 0.440. The topological polar surface area (TPSA) is 36.3 Å². The number of hydrogen-bond donors (Lipinski definition) is 1. The van der Waals surface area contributed by atoms with E-state index in [-0.39, 0.29) is 0 Å². The summed E-state index contributed by atoms with van der Waals surface area (Å²) in [7, 11) is 0. The second kappa shape index (κ2) is 6.89. The fourth-order valence-corrected chi connectivity index (χ4v) is 3.17. The summed E-state index contributed by atoms with van der Waals surface area (Å²) in [5.41, 5.74) is 4.70. The quantitative estimate of drug-likeness (QED) is 0.638. The fourth-order valence-electron chi connectivity index (χ4n) is 3.17. The first-order valence-corrected chi connectivity index (χ1v) is 8.77. The van der Waals surface area contributed by atoms with Crippen molar-refractivity contribution < 1.29 is 4.74 Å². The normalized spacial score (nSPS) is 14.2. The van der Waals surface area contributed by atoms with Crippen LogP contribution in [0.25, 0.3) is 11.1 Å². The third-order valence-corrected chi connectivity index (χ3v) is 4.51. The second-order valence-corrected chi connectivity index (χ2v) is 6.16. The van der Waals surface area contributed by atoms with Crippen LogP contribution in [-0.4, -0.2) is 12.3 Å². The average Bonchev–Trinajstić information content (AvgIpc) is 3.05. The first-order valence-electron chi connectivity index (χ1n) is 8.77. The second-order valence-electron chi connectivity index (χ2n) is 6.16. The van der Waals surface area contributed by atoms with Crippen molar-refractivity contribution >= 4 is 11.4 Å². The highest BCUT2D eigenvalue weighted by atomic mass is 16.5. The maximum absolute atomic E-state index is 8.36. The van der Waals surface area contributed by atoms with Crippen LogP contribution in [0.1, 0.15) is 12.5 Å². The molecule has 1 N–H and O–H groups in total. The van der Waals surface area contributed by atoms with Gasteiger partial charge in [0.2, 0.25) is 5.88 Å². The summed E-state index contributed by atoms with van der Waals surface area (Å²) in [6.45, 7) is 2.87. The van der Waals surface area contributed by atoms with E-state index in [9.17, 15) is 0 Å². The lowest BCUT2D eigenvalue weighted by Crippen LogP contribution is -2.20. The van der Waals surface area contributed by atoms with Gasteiger partial charge in [-0.3, -0.25) is 0 Å². The lowest BCUT2D eigenvalue weighted by molar-refractivity contribution is 0.441. The van der Waals surface area contributed by atoms with Gasteiger partial charge in [-0.25, -0.2) is 0 Å². The molecular weight excluding hydrogens is 320 g/mol. The van der Waals surface area contributed by atoms with Crippen LogP contribution in [0.2, 0.25) is 0 Å². The van der Waals surface area contributed by atoms with Gasteiger partial charge in [0.05, 0.1) is 11.4 Å². The molecule has 26 heavy (non-hydrogen) atoms. The van der Waals surface area contributed by atoms with E-state index in [1.165, 1.54) is 5.56 Å². The molecule has 0 aromatic heterocycles. The minimum Gasteiger partial charge on any atom is -0.439 e. The number of hydrogen-bond acceptors (Lipinski definition) is 3. The number of benzene rings is 3. The van der Waals surface area contributed by atoms with E-state index in [2.05, 4.69) is 36.1 Å². The van der Waals surface area contributed by atoms with Crippen molar-refractivity contribution in [1.29, 1.82) is 5.41 Å². The average molecular weight is 340 g/mol. The van der Waals surface area contributed by atoms with Gasteiger partial charge in [-0.05, 0) is 35.7 Å². The Morgan fingerprint density at radius 2 is 1.62 bits per heavy atom. The van der Waals surface area contributed by atoms with Crippen LogP contribution in [-0.2, 0) is 0 Å². The van der Waals surface area contributed by atoms with Crippen LogP contribution in [0.5, 0.6) is 5.75 Å². The van der Waals surface area contributed by atoms with Crippen molar-refractivity contribution in [3.05, 3.63) is 96.4 Å². The molecule has 1 aliphatic rings. The third-order valence-electron chi connectivity index (χ3n) is 4.51. The largest absolute Gasteiger partial charge is 0.439 e. The molecule has 0 atom stereocenters. The van der Waals surface area contributed by atoms with E-state index in [4.69, 9.17) is 10.1 Å². The number of fused-ring (bicyclic) bond motifs is 1. The Balaban J connectivity index is 1.68. The first kappa shape index (κ1) is 16.2. The van der Waals surface area contributed by atoms with Crippen molar-refractivity contribution in [3.63, 3.8) is 0 Å². The molecule has 1 aliphatic heterocycles. The molecule has 1 heterocycles. The summed E-state index contributed by atoms with van der Waals surface area (Å²) < 4.78 is 6.04. The van der Waals surface area contributed by atoms with Gasteiger partial charge in [-0.15, -0.1) is 0 Å². The molecule has 0 unspecified atom stereocenters. The Kier molecular flexibility index (Phi) is 4.28. The molecule has 128 valence electrons. The third kappa shape index (κ3) is 3.00. The summed E-state index contributed by atoms with van der Waals surface area (Å²) >= 11 is 0. The minimum atomic E-state index is 0.440. The van der Waals surface area contributed by atoms with E-state index in [1.54, 1.807) is 6.08 Å². The zero-order valence-electron chi connectivity index (χ0n) is 14.6. The van der Waals surface area contributed by atoms with E-state index in [0.717, 1.165) is 29.1 Å². The molecule has 0 fully saturated rings. The summed E-state index contributed by atoms with van der Waals surface area (Å²) in [5.74, 6) is 1.53. The van der Waals surface area contributed by atoms with Crippen molar-refractivity contribution in [3.8, 4) is 16.9 Å². The maximum Gasteiger partial charge on any atom is 0.202 e. The van der Waals surface area contributed by atoms with Crippen molar-refractivity contribution in [2.75, 3.05) is 11.4 Å². The highest BCUT2D eigenvalue weighted by Crippen LogP contribution is 2.41. The van der Waals surface area contributed by atoms with Gasteiger partial charge < -0.3 is 15.0 Å². The summed E-state index contributed by atoms with van der Waals surface area (Å²) in [6.07, 6.45) is 1.79. The Hall–Kier alpha value is -3.33. The van der Waals surface area contributed by atoms with Crippen molar-refractivity contribution in [2.24, 2.45) is 0 Å². The zero-order chi connectivity index (χ0) is 17.9. The Bertz CT molecular complexity index is 962. The SMILES string of the molecule is CCN1C(=CC(=N)c2ccccc2)Oc2ccc(-c3ccccc3)cc21. The summed E-state index contributed by atoms with van der Waals surface area (Å²) in [5, 5.41) is 8.36. The van der Waals surface area contributed by atoms with Gasteiger partial charge in [0.25, 0.3) is 0 Å². The molecule has 0 aliphatic carbocycles. The molecule has 0 amide bonds. The number of anilines is 1. The number of allylic oxidation sites excluding steroid dienone is 1. The van der Waals surface area contributed by atoms with Crippen molar-refractivity contribution in [2.45, 2.75) is 6.92 Å². The van der Waals surface area contributed by atoms with Gasteiger partial charge in [0.1, 0.15) is 0 Å². The molecule has 0 radical (unpaired) electrons. The van der Waals surface area contributed by atoms with Gasteiger partial charge in [0.15, 0.2) is 5.75 Å². The molecular formula is C23H20N2O. The molecule has 0 saturated heterocycles. The van der Waals surface area contributed by atoms with Crippen LogP contribution in [0.3, 0.4) is 0 Å².